The van der Waals surface area contributed by atoms with Gasteiger partial charge in [0.25, 0.3) is 0 Å². The molecule has 2 aliphatic rings. The highest BCUT2D eigenvalue weighted by molar-refractivity contribution is 5.59. The number of nitrogens with zero attached hydrogens (tertiary/aromatic N) is 1. The van der Waals surface area contributed by atoms with Crippen LogP contribution in [0.4, 0.5) is 5.69 Å². The van der Waals surface area contributed by atoms with Gasteiger partial charge in [-0.25, -0.2) is 0 Å². The van der Waals surface area contributed by atoms with Crippen molar-refractivity contribution in [1.82, 2.24) is 4.90 Å². The summed E-state index contributed by atoms with van der Waals surface area (Å²) in [4.78, 5) is 2.57. The Kier molecular flexibility index (Phi) is 3.92. The average molecular weight is 260 g/mol. The zero-order chi connectivity index (χ0) is 13.1. The van der Waals surface area contributed by atoms with Gasteiger partial charge in [0, 0.05) is 6.54 Å². The molecule has 1 unspecified atom stereocenters. The van der Waals surface area contributed by atoms with Gasteiger partial charge >= 0.3 is 0 Å². The number of anilines is 1. The Morgan fingerprint density at radius 2 is 2.16 bits per heavy atom. The van der Waals surface area contributed by atoms with Gasteiger partial charge in [0.1, 0.15) is 11.9 Å². The molecule has 104 valence electrons. The normalized spacial score (nSPS) is 22.7. The van der Waals surface area contributed by atoms with Crippen molar-refractivity contribution in [2.45, 2.75) is 38.7 Å². The molecule has 0 aliphatic carbocycles. The van der Waals surface area contributed by atoms with E-state index < -0.39 is 0 Å². The highest BCUT2D eigenvalue weighted by Gasteiger charge is 2.18. The lowest BCUT2D eigenvalue weighted by Crippen LogP contribution is -2.30. The molecule has 1 aromatic carbocycles. The molecule has 1 atom stereocenters. The Morgan fingerprint density at radius 1 is 1.32 bits per heavy atom. The van der Waals surface area contributed by atoms with Gasteiger partial charge in [0.15, 0.2) is 0 Å². The van der Waals surface area contributed by atoms with Gasteiger partial charge < -0.3 is 15.0 Å². The summed E-state index contributed by atoms with van der Waals surface area (Å²) >= 11 is 0. The number of fused-ring (bicyclic) bond motifs is 1. The summed E-state index contributed by atoms with van der Waals surface area (Å²) in [6.45, 7) is 6.85. The highest BCUT2D eigenvalue weighted by Crippen LogP contribution is 2.30. The molecule has 1 fully saturated rings. The van der Waals surface area contributed by atoms with Gasteiger partial charge in [0.2, 0.25) is 0 Å². The Labute approximate surface area is 115 Å². The Bertz CT molecular complexity index is 427. The van der Waals surface area contributed by atoms with Crippen molar-refractivity contribution in [1.29, 1.82) is 0 Å². The van der Waals surface area contributed by atoms with Crippen LogP contribution in [-0.4, -0.2) is 37.2 Å². The summed E-state index contributed by atoms with van der Waals surface area (Å²) in [6, 6.07) is 6.61. The van der Waals surface area contributed by atoms with E-state index in [1.54, 1.807) is 0 Å². The molecule has 3 rings (SSSR count). The molecule has 1 aromatic rings. The van der Waals surface area contributed by atoms with E-state index in [1.165, 1.54) is 43.7 Å². The quantitative estimate of drug-likeness (QED) is 0.901. The number of rotatable bonds is 4. The van der Waals surface area contributed by atoms with Crippen LogP contribution >= 0.6 is 0 Å². The molecule has 3 nitrogen and oxygen atoms in total. The maximum absolute atomic E-state index is 5.94. The van der Waals surface area contributed by atoms with E-state index in [-0.39, 0.29) is 0 Å². The first-order valence-electron chi connectivity index (χ1n) is 7.61. The summed E-state index contributed by atoms with van der Waals surface area (Å²) in [6.07, 6.45) is 5.27. The van der Waals surface area contributed by atoms with Crippen LogP contribution in [0.15, 0.2) is 18.2 Å². The molecule has 0 amide bonds. The number of hydrogen-bond acceptors (Lipinski definition) is 3. The minimum absolute atomic E-state index is 0.322. The first kappa shape index (κ1) is 12.8. The second-order valence-corrected chi connectivity index (χ2v) is 5.66. The number of likely N-dealkylation sites (tertiary alicyclic amines) is 1. The SMILES string of the molecule is CCC1CNc2cc(CCN3CCCC3)ccc2O1. The van der Waals surface area contributed by atoms with Gasteiger partial charge in [-0.3, -0.25) is 0 Å². The van der Waals surface area contributed by atoms with E-state index in [4.69, 9.17) is 4.74 Å². The van der Waals surface area contributed by atoms with Crippen molar-refractivity contribution in [2.24, 2.45) is 0 Å². The summed E-state index contributed by atoms with van der Waals surface area (Å²) in [7, 11) is 0. The minimum Gasteiger partial charge on any atom is -0.486 e. The lowest BCUT2D eigenvalue weighted by Gasteiger charge is -2.27. The number of nitrogens with one attached hydrogen (secondary N) is 1. The molecular formula is C16H24N2O. The fraction of sp³-hybridized carbons (Fsp3) is 0.625. The molecule has 0 bridgehead atoms. The van der Waals surface area contributed by atoms with E-state index in [2.05, 4.69) is 35.3 Å². The van der Waals surface area contributed by atoms with Crippen LogP contribution in [0, 0.1) is 0 Å². The third kappa shape index (κ3) is 3.03. The summed E-state index contributed by atoms with van der Waals surface area (Å²) in [5.41, 5.74) is 2.58. The van der Waals surface area contributed by atoms with Crippen molar-refractivity contribution >= 4 is 5.69 Å². The van der Waals surface area contributed by atoms with Crippen LogP contribution in [0.25, 0.3) is 0 Å². The lowest BCUT2D eigenvalue weighted by atomic mass is 10.1. The zero-order valence-electron chi connectivity index (χ0n) is 11.8. The molecule has 1 N–H and O–H groups in total. The fourth-order valence-corrected chi connectivity index (χ4v) is 2.94. The fourth-order valence-electron chi connectivity index (χ4n) is 2.94. The van der Waals surface area contributed by atoms with E-state index in [0.717, 1.165) is 25.1 Å². The minimum atomic E-state index is 0.322. The number of benzene rings is 1. The van der Waals surface area contributed by atoms with Crippen molar-refractivity contribution in [3.05, 3.63) is 23.8 Å². The third-order valence-corrected chi connectivity index (χ3v) is 4.23. The second-order valence-electron chi connectivity index (χ2n) is 5.66. The van der Waals surface area contributed by atoms with Crippen LogP contribution in [0.1, 0.15) is 31.7 Å². The van der Waals surface area contributed by atoms with Crippen LogP contribution < -0.4 is 10.1 Å². The molecule has 19 heavy (non-hydrogen) atoms. The van der Waals surface area contributed by atoms with Crippen LogP contribution in [0.2, 0.25) is 0 Å². The van der Waals surface area contributed by atoms with Gasteiger partial charge in [-0.05, 0) is 56.5 Å². The van der Waals surface area contributed by atoms with E-state index >= 15 is 0 Å². The molecule has 1 saturated heterocycles. The maximum Gasteiger partial charge on any atom is 0.142 e. The molecule has 2 aliphatic heterocycles. The largest absolute Gasteiger partial charge is 0.486 e. The maximum atomic E-state index is 5.94. The van der Waals surface area contributed by atoms with E-state index in [9.17, 15) is 0 Å². The molecule has 0 aromatic heterocycles. The topological polar surface area (TPSA) is 24.5 Å². The standard InChI is InChI=1S/C16H24N2O/c1-2-14-12-17-15-11-13(5-6-16(15)19-14)7-10-18-8-3-4-9-18/h5-6,11,14,17H,2-4,7-10,12H2,1H3. The van der Waals surface area contributed by atoms with E-state index in [0.29, 0.717) is 6.10 Å². The summed E-state index contributed by atoms with van der Waals surface area (Å²) < 4.78 is 5.94. The van der Waals surface area contributed by atoms with Gasteiger partial charge in [0.05, 0.1) is 12.2 Å². The predicted molar refractivity (Wildman–Crippen MR) is 79.0 cm³/mol. The second kappa shape index (κ2) is 5.83. The zero-order valence-corrected chi connectivity index (χ0v) is 11.8. The summed E-state index contributed by atoms with van der Waals surface area (Å²) in [5, 5.41) is 3.49. The van der Waals surface area contributed by atoms with Crippen LogP contribution in [0.5, 0.6) is 5.75 Å². The summed E-state index contributed by atoms with van der Waals surface area (Å²) in [5.74, 6) is 1.02. The molecular weight excluding hydrogens is 236 g/mol. The number of hydrogen-bond donors (Lipinski definition) is 1. The first-order valence-corrected chi connectivity index (χ1v) is 7.61. The molecule has 0 radical (unpaired) electrons. The smallest absolute Gasteiger partial charge is 0.142 e. The third-order valence-electron chi connectivity index (χ3n) is 4.23. The lowest BCUT2D eigenvalue weighted by molar-refractivity contribution is 0.202. The van der Waals surface area contributed by atoms with Gasteiger partial charge in [-0.2, -0.15) is 0 Å². The molecule has 3 heteroatoms. The molecule has 0 spiro atoms. The van der Waals surface area contributed by atoms with Crippen molar-refractivity contribution in [3.63, 3.8) is 0 Å². The van der Waals surface area contributed by atoms with Crippen LogP contribution in [0.3, 0.4) is 0 Å². The Morgan fingerprint density at radius 3 is 2.95 bits per heavy atom. The van der Waals surface area contributed by atoms with Crippen molar-refractivity contribution in [2.75, 3.05) is 31.5 Å². The Balaban J connectivity index is 1.61. The average Bonchev–Trinajstić information content (AvgIpc) is 2.97. The highest BCUT2D eigenvalue weighted by atomic mass is 16.5. The van der Waals surface area contributed by atoms with Gasteiger partial charge in [-0.1, -0.05) is 13.0 Å². The Hall–Kier alpha value is -1.22. The first-order chi connectivity index (χ1) is 9.35. The van der Waals surface area contributed by atoms with Gasteiger partial charge in [-0.15, -0.1) is 0 Å². The number of ether oxygens (including phenoxy) is 1. The monoisotopic (exact) mass is 260 g/mol. The molecule has 0 saturated carbocycles. The van der Waals surface area contributed by atoms with Crippen LogP contribution in [-0.2, 0) is 6.42 Å². The predicted octanol–water partition coefficient (Wildman–Crippen LogP) is 2.91. The molecule has 2 heterocycles. The van der Waals surface area contributed by atoms with Crippen molar-refractivity contribution < 1.29 is 4.74 Å². The van der Waals surface area contributed by atoms with E-state index in [1.807, 2.05) is 0 Å². The van der Waals surface area contributed by atoms with Crippen molar-refractivity contribution in [3.8, 4) is 5.75 Å².